The van der Waals surface area contributed by atoms with E-state index in [1.54, 1.807) is 18.3 Å². The van der Waals surface area contributed by atoms with Crippen molar-refractivity contribution in [2.75, 3.05) is 0 Å². The summed E-state index contributed by atoms with van der Waals surface area (Å²) in [5, 5.41) is 10.2. The standard InChI is InChI=1S/C10H15ClN2O/c1-6(2)8(12)9(14)7-4-3-5-13-10(7)11/h3-6,8-9,14H,12H2,1-2H3/t8-,9-/m1/s1. The van der Waals surface area contributed by atoms with Gasteiger partial charge in [-0.1, -0.05) is 31.5 Å². The van der Waals surface area contributed by atoms with Crippen molar-refractivity contribution < 1.29 is 5.11 Å². The zero-order chi connectivity index (χ0) is 10.7. The topological polar surface area (TPSA) is 59.1 Å². The summed E-state index contributed by atoms with van der Waals surface area (Å²) >= 11 is 5.84. The van der Waals surface area contributed by atoms with Gasteiger partial charge in [-0.25, -0.2) is 4.98 Å². The van der Waals surface area contributed by atoms with E-state index in [-0.39, 0.29) is 12.0 Å². The molecule has 0 bridgehead atoms. The van der Waals surface area contributed by atoms with Crippen LogP contribution in [0.25, 0.3) is 0 Å². The summed E-state index contributed by atoms with van der Waals surface area (Å²) in [4.78, 5) is 3.89. The quantitative estimate of drug-likeness (QED) is 0.754. The number of rotatable bonds is 3. The summed E-state index contributed by atoms with van der Waals surface area (Å²) in [5.41, 5.74) is 6.42. The van der Waals surface area contributed by atoms with Crippen LogP contribution in [0.1, 0.15) is 25.5 Å². The van der Waals surface area contributed by atoms with Gasteiger partial charge in [0.2, 0.25) is 0 Å². The molecular weight excluding hydrogens is 200 g/mol. The molecule has 3 N–H and O–H groups in total. The van der Waals surface area contributed by atoms with Crippen molar-refractivity contribution in [2.45, 2.75) is 26.0 Å². The summed E-state index contributed by atoms with van der Waals surface area (Å²) in [5.74, 6) is 0.196. The van der Waals surface area contributed by atoms with Crippen LogP contribution in [-0.2, 0) is 0 Å². The minimum atomic E-state index is -0.754. The fraction of sp³-hybridized carbons (Fsp3) is 0.500. The molecule has 0 aliphatic heterocycles. The monoisotopic (exact) mass is 214 g/mol. The van der Waals surface area contributed by atoms with E-state index in [2.05, 4.69) is 4.98 Å². The third-order valence-electron chi connectivity index (χ3n) is 2.24. The molecule has 1 aromatic heterocycles. The van der Waals surface area contributed by atoms with Gasteiger partial charge < -0.3 is 10.8 Å². The van der Waals surface area contributed by atoms with Gasteiger partial charge in [-0.15, -0.1) is 0 Å². The molecular formula is C10H15ClN2O. The second-order valence-corrected chi connectivity index (χ2v) is 4.01. The zero-order valence-corrected chi connectivity index (χ0v) is 9.07. The largest absolute Gasteiger partial charge is 0.387 e. The lowest BCUT2D eigenvalue weighted by Gasteiger charge is -2.22. The maximum atomic E-state index is 9.89. The second-order valence-electron chi connectivity index (χ2n) is 3.65. The molecule has 4 heteroatoms. The number of halogens is 1. The number of hydrogen-bond donors (Lipinski definition) is 2. The van der Waals surface area contributed by atoms with Crippen LogP contribution < -0.4 is 5.73 Å². The van der Waals surface area contributed by atoms with Crippen LogP contribution in [0.3, 0.4) is 0 Å². The fourth-order valence-electron chi connectivity index (χ4n) is 1.19. The number of aromatic nitrogens is 1. The van der Waals surface area contributed by atoms with Gasteiger partial charge in [0, 0.05) is 17.8 Å². The Kier molecular flexibility index (Phi) is 3.86. The molecule has 0 unspecified atom stereocenters. The highest BCUT2D eigenvalue weighted by Gasteiger charge is 2.22. The molecule has 0 saturated heterocycles. The van der Waals surface area contributed by atoms with Crippen molar-refractivity contribution in [3.8, 4) is 0 Å². The van der Waals surface area contributed by atoms with E-state index in [1.807, 2.05) is 13.8 Å². The van der Waals surface area contributed by atoms with E-state index >= 15 is 0 Å². The highest BCUT2D eigenvalue weighted by atomic mass is 35.5. The van der Waals surface area contributed by atoms with E-state index < -0.39 is 6.10 Å². The molecule has 0 aromatic carbocycles. The number of aliphatic hydroxyl groups is 1. The van der Waals surface area contributed by atoms with E-state index in [9.17, 15) is 5.11 Å². The number of hydrogen-bond acceptors (Lipinski definition) is 3. The molecule has 0 amide bonds. The molecule has 1 aromatic rings. The first kappa shape index (κ1) is 11.4. The molecule has 1 heterocycles. The van der Waals surface area contributed by atoms with Gasteiger partial charge in [0.1, 0.15) is 5.15 Å². The zero-order valence-electron chi connectivity index (χ0n) is 8.31. The summed E-state index contributed by atoms with van der Waals surface area (Å²) in [7, 11) is 0. The van der Waals surface area contributed by atoms with Gasteiger partial charge in [-0.2, -0.15) is 0 Å². The molecule has 0 radical (unpaired) electrons. The molecule has 0 aliphatic rings. The Morgan fingerprint density at radius 2 is 2.14 bits per heavy atom. The van der Waals surface area contributed by atoms with Crippen LogP contribution in [0.4, 0.5) is 0 Å². The molecule has 3 nitrogen and oxygen atoms in total. The summed E-state index contributed by atoms with van der Waals surface area (Å²) in [6.45, 7) is 3.91. The second kappa shape index (κ2) is 4.73. The summed E-state index contributed by atoms with van der Waals surface area (Å²) < 4.78 is 0. The first-order chi connectivity index (χ1) is 6.54. The summed E-state index contributed by atoms with van der Waals surface area (Å²) in [6.07, 6.45) is 0.829. The van der Waals surface area contributed by atoms with Crippen molar-refractivity contribution in [1.82, 2.24) is 4.98 Å². The Morgan fingerprint density at radius 3 is 2.64 bits per heavy atom. The predicted octanol–water partition coefficient (Wildman–Crippen LogP) is 1.75. The molecule has 1 rings (SSSR count). The smallest absolute Gasteiger partial charge is 0.134 e. The number of nitrogens with zero attached hydrogens (tertiary/aromatic N) is 1. The number of pyridine rings is 1. The van der Waals surface area contributed by atoms with Gasteiger partial charge in [0.25, 0.3) is 0 Å². The Morgan fingerprint density at radius 1 is 1.50 bits per heavy atom. The third-order valence-corrected chi connectivity index (χ3v) is 2.56. The molecule has 78 valence electrons. The van der Waals surface area contributed by atoms with Crippen molar-refractivity contribution in [3.63, 3.8) is 0 Å². The normalized spacial score (nSPS) is 15.6. The third kappa shape index (κ3) is 2.44. The Hall–Kier alpha value is -0.640. The van der Waals surface area contributed by atoms with Gasteiger partial charge >= 0.3 is 0 Å². The van der Waals surface area contributed by atoms with Crippen molar-refractivity contribution in [2.24, 2.45) is 11.7 Å². The van der Waals surface area contributed by atoms with E-state index in [1.165, 1.54) is 0 Å². The van der Waals surface area contributed by atoms with Crippen LogP contribution in [0.15, 0.2) is 18.3 Å². The Labute approximate surface area is 88.9 Å². The van der Waals surface area contributed by atoms with Crippen LogP contribution in [-0.4, -0.2) is 16.1 Å². The molecule has 0 fully saturated rings. The van der Waals surface area contributed by atoms with Crippen LogP contribution >= 0.6 is 11.6 Å². The van der Waals surface area contributed by atoms with E-state index in [0.29, 0.717) is 10.7 Å². The van der Waals surface area contributed by atoms with Gasteiger partial charge in [0.15, 0.2) is 0 Å². The van der Waals surface area contributed by atoms with Gasteiger partial charge in [-0.05, 0) is 12.0 Å². The van der Waals surface area contributed by atoms with E-state index in [0.717, 1.165) is 0 Å². The highest BCUT2D eigenvalue weighted by molar-refractivity contribution is 6.30. The lowest BCUT2D eigenvalue weighted by atomic mass is 9.95. The molecule has 0 spiro atoms. The van der Waals surface area contributed by atoms with Crippen molar-refractivity contribution >= 4 is 11.6 Å². The minimum absolute atomic E-state index is 0.196. The summed E-state index contributed by atoms with van der Waals surface area (Å²) in [6, 6.07) is 3.15. The molecule has 2 atom stereocenters. The Bertz CT molecular complexity index is 304. The minimum Gasteiger partial charge on any atom is -0.387 e. The number of nitrogens with two attached hydrogens (primary N) is 1. The molecule has 14 heavy (non-hydrogen) atoms. The van der Waals surface area contributed by atoms with Gasteiger partial charge in [0.05, 0.1) is 6.10 Å². The number of aliphatic hydroxyl groups excluding tert-OH is 1. The highest BCUT2D eigenvalue weighted by Crippen LogP contribution is 2.24. The fourth-order valence-corrected chi connectivity index (χ4v) is 1.42. The van der Waals surface area contributed by atoms with Crippen LogP contribution in [0.5, 0.6) is 0 Å². The average Bonchev–Trinajstić information content (AvgIpc) is 2.16. The lowest BCUT2D eigenvalue weighted by molar-refractivity contribution is 0.125. The SMILES string of the molecule is CC(C)[C@@H](N)[C@H](O)c1cccnc1Cl. The first-order valence-corrected chi connectivity index (χ1v) is 4.96. The van der Waals surface area contributed by atoms with Crippen LogP contribution in [0.2, 0.25) is 5.15 Å². The Balaban J connectivity index is 2.89. The maximum absolute atomic E-state index is 9.89. The van der Waals surface area contributed by atoms with Crippen LogP contribution in [0, 0.1) is 5.92 Å². The molecule has 0 saturated carbocycles. The molecule has 0 aliphatic carbocycles. The maximum Gasteiger partial charge on any atom is 0.134 e. The predicted molar refractivity (Wildman–Crippen MR) is 57.0 cm³/mol. The van der Waals surface area contributed by atoms with Crippen molar-refractivity contribution in [3.05, 3.63) is 29.0 Å². The van der Waals surface area contributed by atoms with E-state index in [4.69, 9.17) is 17.3 Å². The van der Waals surface area contributed by atoms with Crippen molar-refractivity contribution in [1.29, 1.82) is 0 Å². The average molecular weight is 215 g/mol. The first-order valence-electron chi connectivity index (χ1n) is 4.58. The van der Waals surface area contributed by atoms with Gasteiger partial charge in [-0.3, -0.25) is 0 Å². The lowest BCUT2D eigenvalue weighted by Crippen LogP contribution is -2.33.